The molecule has 0 N–H and O–H groups in total. The highest BCUT2D eigenvalue weighted by Gasteiger charge is 2.22. The lowest BCUT2D eigenvalue weighted by Crippen LogP contribution is -2.34. The van der Waals surface area contributed by atoms with Crippen molar-refractivity contribution in [2.24, 2.45) is 0 Å². The molecule has 1 aliphatic heterocycles. The predicted octanol–water partition coefficient (Wildman–Crippen LogP) is 4.13. The first-order valence-electron chi connectivity index (χ1n) is 7.92. The van der Waals surface area contributed by atoms with Crippen molar-refractivity contribution in [2.45, 2.75) is 51.6 Å². The largest absolute Gasteiger partial charge is 0.325 e. The van der Waals surface area contributed by atoms with Crippen LogP contribution in [0.2, 0.25) is 0 Å². The smallest absolute Gasteiger partial charge is 0.127 e. The summed E-state index contributed by atoms with van der Waals surface area (Å²) in [5.74, 6) is 0.993. The molecule has 0 bridgehead atoms. The molecule has 3 nitrogen and oxygen atoms in total. The quantitative estimate of drug-likeness (QED) is 0.792. The van der Waals surface area contributed by atoms with Crippen LogP contribution in [-0.2, 0) is 6.54 Å². The summed E-state index contributed by atoms with van der Waals surface area (Å²) in [6.45, 7) is 9.89. The molecule has 1 saturated heterocycles. The van der Waals surface area contributed by atoms with Gasteiger partial charge >= 0.3 is 0 Å². The summed E-state index contributed by atoms with van der Waals surface area (Å²) in [7, 11) is 0. The number of aryl methyl sites for hydroxylation is 1. The van der Waals surface area contributed by atoms with Crippen LogP contribution in [0.4, 0.5) is 0 Å². The van der Waals surface area contributed by atoms with Crippen molar-refractivity contribution < 1.29 is 0 Å². The number of hydrogen-bond acceptors (Lipinski definition) is 2. The van der Waals surface area contributed by atoms with Gasteiger partial charge in [-0.3, -0.25) is 4.90 Å². The first-order chi connectivity index (χ1) is 10.1. The number of likely N-dealkylation sites (tertiary alicyclic amines) is 1. The van der Waals surface area contributed by atoms with E-state index in [1.165, 1.54) is 37.0 Å². The van der Waals surface area contributed by atoms with Crippen molar-refractivity contribution in [3.63, 3.8) is 0 Å². The number of rotatable bonds is 4. The highest BCUT2D eigenvalue weighted by Crippen LogP contribution is 2.27. The monoisotopic (exact) mass is 305 g/mol. The van der Waals surface area contributed by atoms with Crippen molar-refractivity contribution in [2.75, 3.05) is 13.1 Å². The van der Waals surface area contributed by atoms with Crippen molar-refractivity contribution in [3.05, 3.63) is 29.6 Å². The molecule has 1 aromatic heterocycles. The molecule has 3 rings (SSSR count). The fourth-order valence-electron chi connectivity index (χ4n) is 3.43. The molecule has 4 heteroatoms. The van der Waals surface area contributed by atoms with Gasteiger partial charge in [0.05, 0.1) is 16.4 Å². The van der Waals surface area contributed by atoms with Crippen molar-refractivity contribution in [3.8, 4) is 0 Å². The minimum atomic E-state index is -0.0671. The van der Waals surface area contributed by atoms with Gasteiger partial charge in [-0.05, 0) is 58.3 Å². The summed E-state index contributed by atoms with van der Waals surface area (Å²) < 4.78 is 2.34. The van der Waals surface area contributed by atoms with E-state index in [-0.39, 0.29) is 5.38 Å². The Morgan fingerprint density at radius 2 is 1.95 bits per heavy atom. The van der Waals surface area contributed by atoms with Gasteiger partial charge in [-0.2, -0.15) is 0 Å². The minimum Gasteiger partial charge on any atom is -0.325 e. The average molecular weight is 306 g/mol. The van der Waals surface area contributed by atoms with Gasteiger partial charge in [0.25, 0.3) is 0 Å². The average Bonchev–Trinajstić information content (AvgIpc) is 3.07. The maximum atomic E-state index is 6.38. The topological polar surface area (TPSA) is 21.1 Å². The molecule has 0 radical (unpaired) electrons. The van der Waals surface area contributed by atoms with E-state index in [1.54, 1.807) is 0 Å². The number of halogens is 1. The van der Waals surface area contributed by atoms with Gasteiger partial charge in [0.15, 0.2) is 0 Å². The minimum absolute atomic E-state index is 0.0671. The number of fused-ring (bicyclic) bond motifs is 1. The van der Waals surface area contributed by atoms with E-state index in [9.17, 15) is 0 Å². The Morgan fingerprint density at radius 3 is 2.62 bits per heavy atom. The van der Waals surface area contributed by atoms with Crippen molar-refractivity contribution >= 4 is 22.6 Å². The molecule has 2 aromatic rings. The predicted molar refractivity (Wildman–Crippen MR) is 89.0 cm³/mol. The molecule has 1 aliphatic rings. The fraction of sp³-hybridized carbons (Fsp3) is 0.588. The van der Waals surface area contributed by atoms with Crippen LogP contribution in [-0.4, -0.2) is 33.6 Å². The van der Waals surface area contributed by atoms with Crippen LogP contribution >= 0.6 is 11.6 Å². The molecule has 21 heavy (non-hydrogen) atoms. The molecule has 114 valence electrons. The lowest BCUT2D eigenvalue weighted by Gasteiger charge is -2.25. The zero-order valence-electron chi connectivity index (χ0n) is 13.1. The first-order valence-corrected chi connectivity index (χ1v) is 8.35. The lowest BCUT2D eigenvalue weighted by atomic mass is 10.2. The van der Waals surface area contributed by atoms with E-state index >= 15 is 0 Å². The molecular weight excluding hydrogens is 282 g/mol. The van der Waals surface area contributed by atoms with Crippen LogP contribution in [0.3, 0.4) is 0 Å². The van der Waals surface area contributed by atoms with Crippen LogP contribution in [0.5, 0.6) is 0 Å². The Labute approximate surface area is 131 Å². The summed E-state index contributed by atoms with van der Waals surface area (Å²) in [6.07, 6.45) is 2.65. The SMILES string of the molecule is Cc1cccc2nc(C(C)Cl)n(CC(C)N3CCCC3)c12. The number of alkyl halides is 1. The van der Waals surface area contributed by atoms with E-state index in [0.29, 0.717) is 6.04 Å². The van der Waals surface area contributed by atoms with E-state index in [1.807, 2.05) is 6.92 Å². The Bertz CT molecular complexity index is 626. The maximum Gasteiger partial charge on any atom is 0.127 e. The normalized spacial score (nSPS) is 19.2. The van der Waals surface area contributed by atoms with Gasteiger partial charge in [0.1, 0.15) is 5.82 Å². The van der Waals surface area contributed by atoms with Crippen LogP contribution in [0.15, 0.2) is 18.2 Å². The van der Waals surface area contributed by atoms with Gasteiger partial charge in [0, 0.05) is 12.6 Å². The third kappa shape index (κ3) is 2.82. The van der Waals surface area contributed by atoms with Gasteiger partial charge in [-0.25, -0.2) is 4.98 Å². The first kappa shape index (κ1) is 14.9. The van der Waals surface area contributed by atoms with Crippen LogP contribution < -0.4 is 0 Å². The lowest BCUT2D eigenvalue weighted by molar-refractivity contribution is 0.236. The van der Waals surface area contributed by atoms with Gasteiger partial charge in [0.2, 0.25) is 0 Å². The Balaban J connectivity index is 2.00. The standard InChI is InChI=1S/C17H24ClN3/c1-12-7-6-8-15-16(12)21(17(19-15)14(3)18)11-13(2)20-9-4-5-10-20/h6-8,13-14H,4-5,9-11H2,1-3H3. The molecule has 0 amide bonds. The van der Waals surface area contributed by atoms with Crippen LogP contribution in [0, 0.1) is 6.92 Å². The van der Waals surface area contributed by atoms with E-state index in [4.69, 9.17) is 16.6 Å². The molecule has 1 aromatic carbocycles. The zero-order chi connectivity index (χ0) is 15.0. The Kier molecular flexibility index (Phi) is 4.23. The third-order valence-corrected chi connectivity index (χ3v) is 4.76. The molecule has 0 aliphatic carbocycles. The summed E-state index contributed by atoms with van der Waals surface area (Å²) in [5.41, 5.74) is 3.58. The van der Waals surface area contributed by atoms with E-state index in [2.05, 4.69) is 41.5 Å². The molecule has 0 spiro atoms. The number of hydrogen-bond donors (Lipinski definition) is 0. The maximum absolute atomic E-state index is 6.38. The molecule has 2 atom stereocenters. The van der Waals surface area contributed by atoms with E-state index in [0.717, 1.165) is 17.9 Å². The highest BCUT2D eigenvalue weighted by molar-refractivity contribution is 6.20. The molecule has 0 saturated carbocycles. The summed E-state index contributed by atoms with van der Waals surface area (Å²) in [5, 5.41) is -0.0671. The molecule has 2 heterocycles. The van der Waals surface area contributed by atoms with Crippen LogP contribution in [0.1, 0.15) is 43.5 Å². The van der Waals surface area contributed by atoms with Crippen molar-refractivity contribution in [1.29, 1.82) is 0 Å². The van der Waals surface area contributed by atoms with E-state index < -0.39 is 0 Å². The second-order valence-corrected chi connectivity index (χ2v) is 6.89. The van der Waals surface area contributed by atoms with Gasteiger partial charge < -0.3 is 4.57 Å². The summed E-state index contributed by atoms with van der Waals surface area (Å²) >= 11 is 6.38. The second-order valence-electron chi connectivity index (χ2n) is 6.23. The number of aromatic nitrogens is 2. The summed E-state index contributed by atoms with van der Waals surface area (Å²) in [4.78, 5) is 7.34. The number of benzene rings is 1. The van der Waals surface area contributed by atoms with Gasteiger partial charge in [-0.1, -0.05) is 12.1 Å². The second kappa shape index (κ2) is 5.98. The Morgan fingerprint density at radius 1 is 1.24 bits per heavy atom. The highest BCUT2D eigenvalue weighted by atomic mass is 35.5. The van der Waals surface area contributed by atoms with Crippen molar-refractivity contribution in [1.82, 2.24) is 14.5 Å². The zero-order valence-corrected chi connectivity index (χ0v) is 13.9. The fourth-order valence-corrected chi connectivity index (χ4v) is 3.60. The molecular formula is C17H24ClN3. The number of nitrogens with zero attached hydrogens (tertiary/aromatic N) is 3. The third-order valence-electron chi connectivity index (χ3n) is 4.56. The molecule has 1 fully saturated rings. The molecule has 2 unspecified atom stereocenters. The number of imidazole rings is 1. The Hall–Kier alpha value is -1.06. The van der Waals surface area contributed by atoms with Gasteiger partial charge in [-0.15, -0.1) is 11.6 Å². The summed E-state index contributed by atoms with van der Waals surface area (Å²) in [6, 6.07) is 6.84. The number of para-hydroxylation sites is 1. The van der Waals surface area contributed by atoms with Crippen LogP contribution in [0.25, 0.3) is 11.0 Å².